The zero-order chi connectivity index (χ0) is 19.2. The van der Waals surface area contributed by atoms with Crippen LogP contribution in [0, 0.1) is 5.82 Å². The maximum Gasteiger partial charge on any atom is 0.307 e. The second-order valence-electron chi connectivity index (χ2n) is 5.67. The summed E-state index contributed by atoms with van der Waals surface area (Å²) in [5, 5.41) is 0. The number of morpholine rings is 1. The van der Waals surface area contributed by atoms with Gasteiger partial charge < -0.3 is 14.4 Å². The minimum Gasteiger partial charge on any atom is -0.452 e. The average molecular weight is 388 g/mol. The molecule has 1 aromatic rings. The van der Waals surface area contributed by atoms with Crippen LogP contribution in [0.2, 0.25) is 0 Å². The van der Waals surface area contributed by atoms with Crippen molar-refractivity contribution < 1.29 is 31.9 Å². The molecule has 0 saturated carbocycles. The number of ether oxygens (including phenoxy) is 2. The normalized spacial score (nSPS) is 16.2. The Labute approximate surface area is 151 Å². The van der Waals surface area contributed by atoms with E-state index >= 15 is 0 Å². The fourth-order valence-corrected chi connectivity index (χ4v) is 3.36. The molecule has 0 spiro atoms. The standard InChI is InChI=1S/C16H21FN2O6S/c1-12(16(21)19-8-10-24-11-9-19)25-15(20)6-7-18-26(22,23)14-4-2-13(17)3-5-14/h2-5,12,18H,6-11H2,1H3. The molecule has 1 fully saturated rings. The lowest BCUT2D eigenvalue weighted by molar-refractivity contribution is -0.160. The van der Waals surface area contributed by atoms with Crippen LogP contribution >= 0.6 is 0 Å². The molecule has 26 heavy (non-hydrogen) atoms. The number of amides is 1. The monoisotopic (exact) mass is 388 g/mol. The van der Waals surface area contributed by atoms with E-state index in [9.17, 15) is 22.4 Å². The number of halogens is 1. The van der Waals surface area contributed by atoms with E-state index < -0.39 is 27.9 Å². The number of benzene rings is 1. The van der Waals surface area contributed by atoms with Crippen molar-refractivity contribution >= 4 is 21.9 Å². The Morgan fingerprint density at radius 2 is 1.88 bits per heavy atom. The summed E-state index contributed by atoms with van der Waals surface area (Å²) in [6, 6.07) is 4.31. The molecule has 2 rings (SSSR count). The van der Waals surface area contributed by atoms with Crippen LogP contribution in [0.25, 0.3) is 0 Å². The van der Waals surface area contributed by atoms with Crippen LogP contribution < -0.4 is 4.72 Å². The van der Waals surface area contributed by atoms with Gasteiger partial charge in [0.15, 0.2) is 6.10 Å². The Hall–Kier alpha value is -2.04. The van der Waals surface area contributed by atoms with Crippen LogP contribution in [0.5, 0.6) is 0 Å². The summed E-state index contributed by atoms with van der Waals surface area (Å²) >= 11 is 0. The molecule has 10 heteroatoms. The molecule has 1 atom stereocenters. The van der Waals surface area contributed by atoms with Gasteiger partial charge in [0.05, 0.1) is 24.5 Å². The number of nitrogens with zero attached hydrogens (tertiary/aromatic N) is 1. The summed E-state index contributed by atoms with van der Waals surface area (Å²) < 4.78 is 49.3. The second-order valence-corrected chi connectivity index (χ2v) is 7.44. The molecule has 8 nitrogen and oxygen atoms in total. The van der Waals surface area contributed by atoms with E-state index in [1.807, 2.05) is 0 Å². The van der Waals surface area contributed by atoms with Gasteiger partial charge in [-0.15, -0.1) is 0 Å². The van der Waals surface area contributed by atoms with Crippen molar-refractivity contribution in [2.45, 2.75) is 24.3 Å². The summed E-state index contributed by atoms with van der Waals surface area (Å²) in [7, 11) is -3.85. The number of hydrogen-bond acceptors (Lipinski definition) is 6. The van der Waals surface area contributed by atoms with Crippen molar-refractivity contribution in [3.05, 3.63) is 30.1 Å². The van der Waals surface area contributed by atoms with Crippen LogP contribution in [0.4, 0.5) is 4.39 Å². The van der Waals surface area contributed by atoms with E-state index in [-0.39, 0.29) is 23.8 Å². The van der Waals surface area contributed by atoms with E-state index in [1.54, 1.807) is 4.90 Å². The van der Waals surface area contributed by atoms with Crippen molar-refractivity contribution in [3.63, 3.8) is 0 Å². The third kappa shape index (κ3) is 5.75. The van der Waals surface area contributed by atoms with Crippen LogP contribution in [0.15, 0.2) is 29.2 Å². The highest BCUT2D eigenvalue weighted by Gasteiger charge is 2.25. The molecule has 0 aliphatic carbocycles. The van der Waals surface area contributed by atoms with Gasteiger partial charge in [-0.2, -0.15) is 0 Å². The largest absolute Gasteiger partial charge is 0.452 e. The molecular weight excluding hydrogens is 367 g/mol. The molecule has 0 aromatic heterocycles. The van der Waals surface area contributed by atoms with Gasteiger partial charge in [-0.3, -0.25) is 9.59 Å². The van der Waals surface area contributed by atoms with Gasteiger partial charge in [0.2, 0.25) is 10.0 Å². The Morgan fingerprint density at radius 1 is 1.27 bits per heavy atom. The molecule has 1 aromatic carbocycles. The van der Waals surface area contributed by atoms with E-state index in [0.717, 1.165) is 24.3 Å². The van der Waals surface area contributed by atoms with Crippen molar-refractivity contribution in [2.24, 2.45) is 0 Å². The summed E-state index contributed by atoms with van der Waals surface area (Å²) in [5.74, 6) is -1.55. The molecule has 1 aliphatic heterocycles. The third-order valence-electron chi connectivity index (χ3n) is 3.72. The van der Waals surface area contributed by atoms with Gasteiger partial charge in [0.25, 0.3) is 5.91 Å². The van der Waals surface area contributed by atoms with Gasteiger partial charge >= 0.3 is 5.97 Å². The van der Waals surface area contributed by atoms with Crippen LogP contribution in [0.3, 0.4) is 0 Å². The van der Waals surface area contributed by atoms with E-state index in [1.165, 1.54) is 6.92 Å². The van der Waals surface area contributed by atoms with Gasteiger partial charge in [-0.1, -0.05) is 0 Å². The first kappa shape index (κ1) is 20.3. The quantitative estimate of drug-likeness (QED) is 0.674. The third-order valence-corrected chi connectivity index (χ3v) is 5.20. The molecule has 1 unspecified atom stereocenters. The highest BCUT2D eigenvalue weighted by Crippen LogP contribution is 2.10. The number of carbonyl (C=O) groups excluding carboxylic acids is 2. The topological polar surface area (TPSA) is 102 Å². The SMILES string of the molecule is CC(OC(=O)CCNS(=O)(=O)c1ccc(F)cc1)C(=O)N1CCOCC1. The fraction of sp³-hybridized carbons (Fsp3) is 0.500. The van der Waals surface area contributed by atoms with Crippen molar-refractivity contribution in [1.29, 1.82) is 0 Å². The first-order valence-corrected chi connectivity index (χ1v) is 9.59. The molecule has 0 bridgehead atoms. The first-order valence-electron chi connectivity index (χ1n) is 8.11. The minimum absolute atomic E-state index is 0.108. The molecule has 144 valence electrons. The lowest BCUT2D eigenvalue weighted by Gasteiger charge is -2.28. The minimum atomic E-state index is -3.85. The lowest BCUT2D eigenvalue weighted by atomic mass is 10.3. The van der Waals surface area contributed by atoms with E-state index in [2.05, 4.69) is 4.72 Å². The Bertz CT molecular complexity index is 732. The smallest absolute Gasteiger partial charge is 0.307 e. The average Bonchev–Trinajstić information content (AvgIpc) is 2.62. The van der Waals surface area contributed by atoms with Crippen molar-refractivity contribution in [2.75, 3.05) is 32.8 Å². The predicted molar refractivity (Wildman–Crippen MR) is 89.2 cm³/mol. The maximum absolute atomic E-state index is 12.8. The first-order chi connectivity index (χ1) is 12.3. The summed E-state index contributed by atoms with van der Waals surface area (Å²) in [6.45, 7) is 3.04. The lowest BCUT2D eigenvalue weighted by Crippen LogP contribution is -2.46. The highest BCUT2D eigenvalue weighted by atomic mass is 32.2. The summed E-state index contributed by atoms with van der Waals surface area (Å²) in [5.41, 5.74) is 0. The number of hydrogen-bond donors (Lipinski definition) is 1. The molecular formula is C16H21FN2O6S. The number of sulfonamides is 1. The molecule has 1 saturated heterocycles. The summed E-state index contributed by atoms with van der Waals surface area (Å²) in [6.07, 6.45) is -1.18. The molecule has 1 amide bonds. The van der Waals surface area contributed by atoms with E-state index in [0.29, 0.717) is 26.3 Å². The van der Waals surface area contributed by atoms with Crippen LogP contribution in [-0.4, -0.2) is 64.1 Å². The zero-order valence-corrected chi connectivity index (χ0v) is 15.1. The number of esters is 1. The van der Waals surface area contributed by atoms with Crippen LogP contribution in [0.1, 0.15) is 13.3 Å². The zero-order valence-electron chi connectivity index (χ0n) is 14.3. The van der Waals surface area contributed by atoms with E-state index in [4.69, 9.17) is 9.47 Å². The highest BCUT2D eigenvalue weighted by molar-refractivity contribution is 7.89. The second kappa shape index (κ2) is 9.06. The molecule has 0 radical (unpaired) electrons. The molecule has 1 heterocycles. The Balaban J connectivity index is 1.77. The fourth-order valence-electron chi connectivity index (χ4n) is 2.33. The predicted octanol–water partition coefficient (Wildman–Crippen LogP) is 0.285. The Morgan fingerprint density at radius 3 is 2.50 bits per heavy atom. The molecule has 1 N–H and O–H groups in total. The van der Waals surface area contributed by atoms with Gasteiger partial charge in [-0.05, 0) is 31.2 Å². The number of nitrogens with one attached hydrogen (secondary N) is 1. The maximum atomic E-state index is 12.8. The summed E-state index contributed by atoms with van der Waals surface area (Å²) in [4.78, 5) is 25.4. The Kier molecular flexibility index (Phi) is 7.06. The number of rotatable bonds is 7. The van der Waals surface area contributed by atoms with Gasteiger partial charge in [0.1, 0.15) is 5.82 Å². The van der Waals surface area contributed by atoms with Gasteiger partial charge in [0, 0.05) is 19.6 Å². The van der Waals surface area contributed by atoms with Crippen LogP contribution in [-0.2, 0) is 29.1 Å². The van der Waals surface area contributed by atoms with Crippen molar-refractivity contribution in [3.8, 4) is 0 Å². The molecule has 1 aliphatic rings. The number of carbonyl (C=O) groups is 2. The van der Waals surface area contributed by atoms with Crippen molar-refractivity contribution in [1.82, 2.24) is 9.62 Å². The van der Waals surface area contributed by atoms with Gasteiger partial charge in [-0.25, -0.2) is 17.5 Å².